The number of phosphoric acid groups is 1. The van der Waals surface area contributed by atoms with Crippen molar-refractivity contribution < 1.29 is 42.9 Å². The van der Waals surface area contributed by atoms with Gasteiger partial charge in [-0.3, -0.25) is 9.05 Å². The molecule has 0 spiro atoms. The third-order valence-corrected chi connectivity index (χ3v) is 11.6. The molecule has 1 unspecified atom stereocenters. The minimum Gasteiger partial charge on any atom is -0.495 e. The molecule has 322 valence electrons. The van der Waals surface area contributed by atoms with Gasteiger partial charge in [-0.1, -0.05) is 109 Å². The van der Waals surface area contributed by atoms with E-state index < -0.39 is 51.1 Å². The molecule has 4 rings (SSSR count). The minimum atomic E-state index is -4.88. The van der Waals surface area contributed by atoms with Crippen LogP contribution in [-0.2, 0) is 28.7 Å². The average Bonchev–Trinajstić information content (AvgIpc) is 3.78. The highest BCUT2D eigenvalue weighted by Crippen LogP contribution is 2.46. The van der Waals surface area contributed by atoms with E-state index in [0.29, 0.717) is 23.4 Å². The molecule has 0 radical (unpaired) electrons. The summed E-state index contributed by atoms with van der Waals surface area (Å²) in [6.07, 6.45) is 15.4. The summed E-state index contributed by atoms with van der Waals surface area (Å²) in [5.74, 6) is -0.000130. The number of nitrogen functional groups attached to an aromatic ring is 1. The molecular weight excluding hydrogens is 775 g/mol. The van der Waals surface area contributed by atoms with Gasteiger partial charge < -0.3 is 35.1 Å². The SMILES string of the molecule is [C-]#[N+]c1cc(C)cc(C#N)c1O[C@H](COCCCCCCCCCCCCCCCCCC)COP(=O)(O)OC[C@H]1O[C@@](C#N)(c2ccc3c(N)ccnn23)[C@H](O)[C@@H]1O. The zero-order valence-corrected chi connectivity index (χ0v) is 35.4. The maximum atomic E-state index is 13.1. The molecule has 1 saturated heterocycles. The van der Waals surface area contributed by atoms with Crippen LogP contribution in [0.2, 0.25) is 0 Å². The lowest BCUT2D eigenvalue weighted by Gasteiger charge is -2.24. The molecule has 3 heterocycles. The molecule has 2 aromatic heterocycles. The number of nitrogens with zero attached hydrogens (tertiary/aromatic N) is 5. The minimum absolute atomic E-state index is 0.000130. The Balaban J connectivity index is 1.25. The molecule has 1 aromatic carbocycles. The van der Waals surface area contributed by atoms with Gasteiger partial charge in [0.2, 0.25) is 11.3 Å². The van der Waals surface area contributed by atoms with Gasteiger partial charge in [-0.2, -0.15) is 15.6 Å². The second-order valence-corrected chi connectivity index (χ2v) is 16.8. The van der Waals surface area contributed by atoms with E-state index in [-0.39, 0.29) is 29.3 Å². The van der Waals surface area contributed by atoms with E-state index in [2.05, 4.69) is 16.9 Å². The molecule has 1 aliphatic rings. The number of phosphoric ester groups is 1. The monoisotopic (exact) mass is 836 g/mol. The summed E-state index contributed by atoms with van der Waals surface area (Å²) in [6.45, 7) is 10.7. The number of aryl methyl sites for hydroxylation is 1. The van der Waals surface area contributed by atoms with E-state index in [1.54, 1.807) is 31.2 Å². The fraction of sp³-hybridized carbons (Fsp3) is 0.628. The highest BCUT2D eigenvalue weighted by molar-refractivity contribution is 7.47. The molecule has 0 amide bonds. The second kappa shape index (κ2) is 24.3. The Kier molecular flexibility index (Phi) is 19.6. The van der Waals surface area contributed by atoms with Crippen LogP contribution in [0.3, 0.4) is 0 Å². The van der Waals surface area contributed by atoms with Crippen molar-refractivity contribution in [2.75, 3.05) is 32.2 Å². The largest absolute Gasteiger partial charge is 0.495 e. The van der Waals surface area contributed by atoms with Crippen LogP contribution in [0.5, 0.6) is 5.75 Å². The predicted octanol–water partition coefficient (Wildman–Crippen LogP) is 8.35. The third-order valence-electron chi connectivity index (χ3n) is 10.6. The number of hydrogen-bond acceptors (Lipinski definition) is 12. The highest BCUT2D eigenvalue weighted by atomic mass is 31.2. The first-order valence-electron chi connectivity index (χ1n) is 21.0. The first kappa shape index (κ1) is 47.6. The Labute approximate surface area is 348 Å². The Bertz CT molecular complexity index is 1910. The predicted molar refractivity (Wildman–Crippen MR) is 222 cm³/mol. The molecule has 59 heavy (non-hydrogen) atoms. The summed E-state index contributed by atoms with van der Waals surface area (Å²) in [7, 11) is -4.88. The Hall–Kier alpha value is -4.07. The van der Waals surface area contributed by atoms with Gasteiger partial charge in [0.25, 0.3) is 0 Å². The number of aliphatic hydroxyl groups is 2. The topological polar surface area (TPSA) is 219 Å². The maximum absolute atomic E-state index is 13.1. The Morgan fingerprint density at radius 1 is 0.966 bits per heavy atom. The molecular formula is C43H61N6O9P. The molecule has 5 N–H and O–H groups in total. The van der Waals surface area contributed by atoms with Crippen molar-refractivity contribution in [1.82, 2.24) is 9.61 Å². The summed E-state index contributed by atoms with van der Waals surface area (Å²) in [6, 6.07) is 11.7. The summed E-state index contributed by atoms with van der Waals surface area (Å²) < 4.78 is 42.7. The van der Waals surface area contributed by atoms with Crippen molar-refractivity contribution in [1.29, 1.82) is 10.5 Å². The summed E-state index contributed by atoms with van der Waals surface area (Å²) in [5, 5.41) is 46.0. The summed E-state index contributed by atoms with van der Waals surface area (Å²) in [4.78, 5) is 14.2. The number of hydrogen-bond donors (Lipinski definition) is 4. The van der Waals surface area contributed by atoms with E-state index in [1.807, 2.05) is 12.1 Å². The lowest BCUT2D eigenvalue weighted by Crippen LogP contribution is -2.41. The van der Waals surface area contributed by atoms with Crippen LogP contribution in [-0.4, -0.2) is 75.6 Å². The Morgan fingerprint density at radius 3 is 2.19 bits per heavy atom. The van der Waals surface area contributed by atoms with Crippen LogP contribution in [0, 0.1) is 36.2 Å². The number of benzene rings is 1. The third kappa shape index (κ3) is 13.7. The van der Waals surface area contributed by atoms with Crippen molar-refractivity contribution in [3.63, 3.8) is 0 Å². The van der Waals surface area contributed by atoms with Gasteiger partial charge in [-0.25, -0.2) is 13.9 Å². The lowest BCUT2D eigenvalue weighted by molar-refractivity contribution is -0.0651. The standard InChI is InChI=1S/C43H61N6O9P/c1-4-5-6-7-8-9-10-11-12-13-14-15-16-17-18-19-24-54-28-34(57-41-33(27-44)25-32(2)26-36(41)47-3)29-55-59(52,53)56-30-38-40(50)42(51)43(31-45,58-38)39-21-20-37-35(46)22-23-48-49(37)39/h20-23,25-26,34,38,40,42,50-51H,4-19,24,28-30,46H2,1-2H3,(H,52,53)/t34-,38-,40-,42-,43+/m1/s1. The van der Waals surface area contributed by atoms with Gasteiger partial charge in [0, 0.05) is 12.8 Å². The van der Waals surface area contributed by atoms with Crippen LogP contribution in [0.25, 0.3) is 10.4 Å². The van der Waals surface area contributed by atoms with Crippen molar-refractivity contribution in [2.45, 2.75) is 147 Å². The molecule has 15 nitrogen and oxygen atoms in total. The van der Waals surface area contributed by atoms with Crippen LogP contribution in [0.15, 0.2) is 36.5 Å². The zero-order chi connectivity index (χ0) is 42.7. The normalized spacial score (nSPS) is 20.5. The quantitative estimate of drug-likeness (QED) is 0.0307. The number of rotatable bonds is 28. The van der Waals surface area contributed by atoms with Gasteiger partial charge in [0.15, 0.2) is 0 Å². The van der Waals surface area contributed by atoms with Gasteiger partial charge in [-0.05, 0) is 43.7 Å². The molecule has 3 aromatic rings. The number of anilines is 1. The maximum Gasteiger partial charge on any atom is 0.472 e. The van der Waals surface area contributed by atoms with E-state index in [1.165, 1.54) is 100 Å². The molecule has 0 aliphatic carbocycles. The highest BCUT2D eigenvalue weighted by Gasteiger charge is 2.58. The van der Waals surface area contributed by atoms with Crippen molar-refractivity contribution in [3.8, 4) is 17.9 Å². The first-order valence-corrected chi connectivity index (χ1v) is 22.5. The molecule has 16 heteroatoms. The average molecular weight is 837 g/mol. The fourth-order valence-corrected chi connectivity index (χ4v) is 8.08. The second-order valence-electron chi connectivity index (χ2n) is 15.3. The number of fused-ring (bicyclic) bond motifs is 1. The van der Waals surface area contributed by atoms with E-state index >= 15 is 0 Å². The van der Waals surface area contributed by atoms with E-state index in [0.717, 1.165) is 19.3 Å². The van der Waals surface area contributed by atoms with Crippen molar-refractivity contribution >= 4 is 24.7 Å². The van der Waals surface area contributed by atoms with Crippen LogP contribution in [0.1, 0.15) is 126 Å². The molecule has 6 atom stereocenters. The van der Waals surface area contributed by atoms with Crippen LogP contribution < -0.4 is 10.5 Å². The van der Waals surface area contributed by atoms with Crippen molar-refractivity contribution in [2.24, 2.45) is 0 Å². The summed E-state index contributed by atoms with van der Waals surface area (Å²) in [5.41, 5.74) is 5.69. The van der Waals surface area contributed by atoms with Gasteiger partial charge >= 0.3 is 7.82 Å². The van der Waals surface area contributed by atoms with Crippen molar-refractivity contribution in [3.05, 3.63) is 64.8 Å². The summed E-state index contributed by atoms with van der Waals surface area (Å²) >= 11 is 0. The molecule has 0 bridgehead atoms. The smallest absolute Gasteiger partial charge is 0.472 e. The molecule has 1 fully saturated rings. The lowest BCUT2D eigenvalue weighted by atomic mass is 9.92. The molecule has 1 aliphatic heterocycles. The zero-order valence-electron chi connectivity index (χ0n) is 34.5. The fourth-order valence-electron chi connectivity index (χ4n) is 7.31. The van der Waals surface area contributed by atoms with E-state index in [4.69, 9.17) is 35.6 Å². The molecule has 0 saturated carbocycles. The Morgan fingerprint density at radius 2 is 1.59 bits per heavy atom. The first-order chi connectivity index (χ1) is 28.5. The number of ether oxygens (including phenoxy) is 3. The number of unbranched alkanes of at least 4 members (excludes halogenated alkanes) is 15. The van der Waals surface area contributed by atoms with Crippen LogP contribution in [0.4, 0.5) is 11.4 Å². The number of nitrogens with two attached hydrogens (primary N) is 1. The van der Waals surface area contributed by atoms with E-state index in [9.17, 15) is 30.2 Å². The van der Waals surface area contributed by atoms with Gasteiger partial charge in [0.1, 0.15) is 42.3 Å². The number of aliphatic hydroxyl groups excluding tert-OH is 2. The van der Waals surface area contributed by atoms with Gasteiger partial charge in [0.05, 0.1) is 48.9 Å². The van der Waals surface area contributed by atoms with Gasteiger partial charge in [-0.15, -0.1) is 0 Å². The van der Waals surface area contributed by atoms with Crippen LogP contribution >= 0.6 is 7.82 Å². The number of nitriles is 2. The number of aromatic nitrogens is 2.